The van der Waals surface area contributed by atoms with Gasteiger partial charge in [-0.15, -0.1) is 0 Å². The molecule has 3 heterocycles. The van der Waals surface area contributed by atoms with Gasteiger partial charge in [0.1, 0.15) is 47.7 Å². The highest BCUT2D eigenvalue weighted by Gasteiger charge is 2.54. The molecule has 2 aromatic heterocycles. The first-order chi connectivity index (χ1) is 26.0. The van der Waals surface area contributed by atoms with E-state index in [0.717, 1.165) is 25.3 Å². The third kappa shape index (κ3) is 12.8. The zero-order chi connectivity index (χ0) is 39.0. The highest BCUT2D eigenvalue weighted by molar-refractivity contribution is 7.47. The predicted octanol–water partition coefficient (Wildman–Crippen LogP) is 6.48. The largest absolute Gasteiger partial charge is 0.472 e. The summed E-state index contributed by atoms with van der Waals surface area (Å²) in [5.41, 5.74) is 5.66. The van der Waals surface area contributed by atoms with Gasteiger partial charge in [0.2, 0.25) is 0 Å². The number of rotatable bonds is 26. The van der Waals surface area contributed by atoms with Crippen molar-refractivity contribution < 1.29 is 47.3 Å². The number of nitrogens with zero attached hydrogens (tertiary/aromatic N) is 4. The zero-order valence-corrected chi connectivity index (χ0v) is 32.4. The van der Waals surface area contributed by atoms with Gasteiger partial charge in [-0.05, 0) is 37.6 Å². The molecule has 0 bridgehead atoms. The fourth-order valence-electron chi connectivity index (χ4n) is 6.56. The van der Waals surface area contributed by atoms with E-state index in [1.807, 2.05) is 6.07 Å². The van der Waals surface area contributed by atoms with E-state index in [4.69, 9.17) is 34.3 Å². The Labute approximate surface area is 317 Å². The van der Waals surface area contributed by atoms with Gasteiger partial charge in [0, 0.05) is 12.2 Å². The maximum atomic E-state index is 14.5. The average Bonchev–Trinajstić information content (AvgIpc) is 3.70. The van der Waals surface area contributed by atoms with Gasteiger partial charge in [0.25, 0.3) is 0 Å². The lowest BCUT2D eigenvalue weighted by atomic mass is 9.93. The molecule has 1 saturated heterocycles. The third-order valence-corrected chi connectivity index (χ3v) is 10.8. The van der Waals surface area contributed by atoms with Crippen molar-refractivity contribution in [3.63, 3.8) is 0 Å². The number of benzene rings is 1. The molecule has 4 rings (SSSR count). The number of unbranched alkanes of at least 4 members (excludes halogenated alkanes) is 12. The van der Waals surface area contributed by atoms with Gasteiger partial charge in [-0.2, -0.15) is 10.4 Å². The Morgan fingerprint density at radius 3 is 2.33 bits per heavy atom. The standard InChI is InChI=1S/C38H57FN5O9P/c1-3-4-5-6-7-8-9-10-11-12-13-14-15-20-49-24-30(50-23-29-17-16-28(22-40)21-31(29)39)25-51-54(47,48)52-26-33-35(45)36(46)38(2,53-33)34-19-18-32-37(41)42-27-43-44(32)34/h16-19,21,27,30,33,35-36,45-46H,3-15,20,23-26H2,1-2H3,(H,47,48)(H2,41,42,43)/t30-,33-,35-,36-,38+/m1/s1. The summed E-state index contributed by atoms with van der Waals surface area (Å²) < 4.78 is 57.1. The van der Waals surface area contributed by atoms with Crippen LogP contribution in [-0.2, 0) is 40.0 Å². The van der Waals surface area contributed by atoms with E-state index >= 15 is 0 Å². The fraction of sp³-hybridized carbons (Fsp3) is 0.658. The second-order valence-electron chi connectivity index (χ2n) is 14.1. The molecule has 16 heteroatoms. The lowest BCUT2D eigenvalue weighted by Crippen LogP contribution is -2.39. The highest BCUT2D eigenvalue weighted by Crippen LogP contribution is 2.46. The van der Waals surface area contributed by atoms with Crippen LogP contribution in [0, 0.1) is 17.1 Å². The molecule has 0 spiro atoms. The molecule has 1 unspecified atom stereocenters. The molecule has 1 aliphatic rings. The molecule has 6 atom stereocenters. The minimum atomic E-state index is -4.74. The molecule has 14 nitrogen and oxygen atoms in total. The summed E-state index contributed by atoms with van der Waals surface area (Å²) in [5, 5.41) is 35.0. The molecule has 1 aliphatic heterocycles. The van der Waals surface area contributed by atoms with Crippen LogP contribution in [0.2, 0.25) is 0 Å². The van der Waals surface area contributed by atoms with Crippen molar-refractivity contribution in [1.29, 1.82) is 5.26 Å². The number of ether oxygens (including phenoxy) is 3. The van der Waals surface area contributed by atoms with Crippen LogP contribution in [0.4, 0.5) is 10.2 Å². The van der Waals surface area contributed by atoms with Crippen molar-refractivity contribution in [3.05, 3.63) is 59.3 Å². The number of anilines is 1. The molecule has 0 amide bonds. The second kappa shape index (κ2) is 21.9. The minimum Gasteiger partial charge on any atom is -0.387 e. The van der Waals surface area contributed by atoms with E-state index in [2.05, 4.69) is 17.0 Å². The van der Waals surface area contributed by atoms with Crippen LogP contribution in [0.25, 0.3) is 5.52 Å². The third-order valence-electron chi connectivity index (χ3n) is 9.83. The number of aliphatic hydroxyl groups excluding tert-OH is 2. The van der Waals surface area contributed by atoms with Crippen molar-refractivity contribution in [3.8, 4) is 6.07 Å². The molecule has 300 valence electrons. The normalized spacial score (nSPS) is 21.7. The van der Waals surface area contributed by atoms with Crippen molar-refractivity contribution in [1.82, 2.24) is 14.6 Å². The van der Waals surface area contributed by atoms with Crippen LogP contribution in [0.3, 0.4) is 0 Å². The number of halogens is 1. The quantitative estimate of drug-likeness (QED) is 0.0509. The van der Waals surface area contributed by atoms with Crippen LogP contribution >= 0.6 is 7.82 Å². The number of fused-ring (bicyclic) bond motifs is 1. The SMILES string of the molecule is CCCCCCCCCCCCCCCOC[C@H](COP(=O)(O)OC[C@H]1O[C@@](C)(c2ccc3c(N)ncnn23)[C@H](O)[C@@H]1O)OCc1ccc(C#N)cc1F. The fourth-order valence-corrected chi connectivity index (χ4v) is 7.33. The molecule has 0 aliphatic carbocycles. The first-order valence-electron chi connectivity index (χ1n) is 19.1. The van der Waals surface area contributed by atoms with Gasteiger partial charge in [0.15, 0.2) is 5.82 Å². The monoisotopic (exact) mass is 777 g/mol. The number of hydrogen-bond acceptors (Lipinski definition) is 12. The molecule has 1 fully saturated rings. The molecule has 3 aromatic rings. The van der Waals surface area contributed by atoms with Crippen molar-refractivity contribution in [2.75, 3.05) is 32.2 Å². The summed E-state index contributed by atoms with van der Waals surface area (Å²) in [6, 6.07) is 9.17. The minimum absolute atomic E-state index is 0.00446. The van der Waals surface area contributed by atoms with Crippen molar-refractivity contribution in [2.24, 2.45) is 0 Å². The Morgan fingerprint density at radius 1 is 1.02 bits per heavy atom. The maximum Gasteiger partial charge on any atom is 0.472 e. The number of aromatic nitrogens is 3. The second-order valence-corrected chi connectivity index (χ2v) is 15.5. The Hall–Kier alpha value is -3.03. The topological polar surface area (TPSA) is 204 Å². The van der Waals surface area contributed by atoms with Crippen LogP contribution in [0.1, 0.15) is 114 Å². The van der Waals surface area contributed by atoms with E-state index in [9.17, 15) is 24.1 Å². The number of nitrogen functional groups attached to an aromatic ring is 1. The molecule has 0 radical (unpaired) electrons. The number of hydrogen-bond donors (Lipinski definition) is 4. The summed E-state index contributed by atoms with van der Waals surface area (Å²) >= 11 is 0. The van der Waals surface area contributed by atoms with E-state index in [0.29, 0.717) is 17.8 Å². The highest BCUT2D eigenvalue weighted by atomic mass is 31.2. The smallest absolute Gasteiger partial charge is 0.387 e. The van der Waals surface area contributed by atoms with E-state index in [1.54, 1.807) is 19.1 Å². The van der Waals surface area contributed by atoms with E-state index in [1.165, 1.54) is 87.2 Å². The van der Waals surface area contributed by atoms with Crippen LogP contribution in [0.5, 0.6) is 0 Å². The molecule has 0 saturated carbocycles. The zero-order valence-electron chi connectivity index (χ0n) is 31.5. The first-order valence-corrected chi connectivity index (χ1v) is 20.6. The van der Waals surface area contributed by atoms with Crippen molar-refractivity contribution in [2.45, 2.75) is 134 Å². The summed E-state index contributed by atoms with van der Waals surface area (Å²) in [4.78, 5) is 14.5. The van der Waals surface area contributed by atoms with Crippen LogP contribution in [0.15, 0.2) is 36.7 Å². The van der Waals surface area contributed by atoms with Crippen molar-refractivity contribution >= 4 is 19.2 Å². The maximum absolute atomic E-state index is 14.5. The molecular formula is C38H57FN5O9P. The number of phosphoric acid groups is 1. The summed E-state index contributed by atoms with van der Waals surface area (Å²) in [5.74, 6) is -0.411. The predicted molar refractivity (Wildman–Crippen MR) is 200 cm³/mol. The summed E-state index contributed by atoms with van der Waals surface area (Å²) in [7, 11) is -4.74. The molecule has 54 heavy (non-hydrogen) atoms. The Kier molecular flexibility index (Phi) is 17.7. The molecule has 1 aromatic carbocycles. The Balaban J connectivity index is 1.23. The first kappa shape index (κ1) is 43.7. The van der Waals surface area contributed by atoms with Gasteiger partial charge in [-0.3, -0.25) is 9.05 Å². The number of nitriles is 1. The average molecular weight is 778 g/mol. The van der Waals surface area contributed by atoms with E-state index < -0.39 is 56.9 Å². The number of phosphoric ester groups is 1. The van der Waals surface area contributed by atoms with Crippen LogP contribution < -0.4 is 5.73 Å². The molecule has 5 N–H and O–H groups in total. The van der Waals surface area contributed by atoms with E-state index in [-0.39, 0.29) is 30.2 Å². The summed E-state index contributed by atoms with van der Waals surface area (Å²) in [6.07, 6.45) is 12.1. The van der Waals surface area contributed by atoms with Gasteiger partial charge < -0.3 is 35.1 Å². The van der Waals surface area contributed by atoms with Gasteiger partial charge in [0.05, 0.1) is 43.8 Å². The van der Waals surface area contributed by atoms with Gasteiger partial charge in [-0.25, -0.2) is 18.5 Å². The lowest BCUT2D eigenvalue weighted by molar-refractivity contribution is -0.0901. The van der Waals surface area contributed by atoms with Crippen LogP contribution in [-0.4, -0.2) is 80.5 Å². The Morgan fingerprint density at radius 2 is 1.69 bits per heavy atom. The summed E-state index contributed by atoms with van der Waals surface area (Å²) in [6.45, 7) is 3.00. The van der Waals surface area contributed by atoms with Gasteiger partial charge in [-0.1, -0.05) is 90.0 Å². The van der Waals surface area contributed by atoms with Gasteiger partial charge >= 0.3 is 7.82 Å². The Bertz CT molecular complexity index is 1680. The lowest BCUT2D eigenvalue weighted by Gasteiger charge is -2.27. The molecular weight excluding hydrogens is 720 g/mol. The number of aliphatic hydroxyl groups is 2. The number of nitrogens with two attached hydrogens (primary N) is 1.